The number of carbonyl (C=O) groups is 2. The Hall–Kier alpha value is -2.04. The van der Waals surface area contributed by atoms with Crippen LogP contribution in [0.25, 0.3) is 0 Å². The number of amides is 1. The maximum Gasteiger partial charge on any atom is 0.407 e. The monoisotopic (exact) mass is 279 g/mol. The Morgan fingerprint density at radius 2 is 1.85 bits per heavy atom. The molecule has 0 aliphatic rings. The molecule has 0 saturated carbocycles. The highest BCUT2D eigenvalue weighted by atomic mass is 16.5. The van der Waals surface area contributed by atoms with E-state index in [9.17, 15) is 9.59 Å². The van der Waals surface area contributed by atoms with Crippen LogP contribution < -0.4 is 5.32 Å². The Morgan fingerprint density at radius 3 is 2.40 bits per heavy atom. The van der Waals surface area contributed by atoms with Crippen LogP contribution in [0, 0.1) is 5.92 Å². The van der Waals surface area contributed by atoms with Crippen molar-refractivity contribution in [2.24, 2.45) is 5.92 Å². The largest absolute Gasteiger partial charge is 0.459 e. The molecule has 1 aromatic rings. The van der Waals surface area contributed by atoms with Crippen LogP contribution in [0.3, 0.4) is 0 Å². The van der Waals surface area contributed by atoms with Crippen LogP contribution in [0.4, 0.5) is 4.79 Å². The van der Waals surface area contributed by atoms with E-state index in [-0.39, 0.29) is 12.5 Å². The van der Waals surface area contributed by atoms with Gasteiger partial charge in [-0.15, -0.1) is 0 Å². The number of esters is 1. The third-order valence-electron chi connectivity index (χ3n) is 2.69. The summed E-state index contributed by atoms with van der Waals surface area (Å²) in [7, 11) is 1.26. The number of nitrogens with one attached hydrogen (secondary N) is 1. The van der Waals surface area contributed by atoms with Gasteiger partial charge in [-0.05, 0) is 17.9 Å². The number of carbonyl (C=O) groups excluding carboxylic acids is 2. The Labute approximate surface area is 119 Å². The fourth-order valence-corrected chi connectivity index (χ4v) is 1.72. The van der Waals surface area contributed by atoms with E-state index in [1.807, 2.05) is 44.2 Å². The third-order valence-corrected chi connectivity index (χ3v) is 2.69. The predicted molar refractivity (Wildman–Crippen MR) is 75.0 cm³/mol. The second-order valence-electron chi connectivity index (χ2n) is 4.91. The van der Waals surface area contributed by atoms with Gasteiger partial charge in [-0.25, -0.2) is 9.59 Å². The summed E-state index contributed by atoms with van der Waals surface area (Å²) in [5.41, 5.74) is 0.905. The molecule has 0 bridgehead atoms. The molecule has 5 heteroatoms. The van der Waals surface area contributed by atoms with Crippen LogP contribution in [0.15, 0.2) is 30.3 Å². The van der Waals surface area contributed by atoms with E-state index in [1.165, 1.54) is 7.11 Å². The first kappa shape index (κ1) is 16.0. The summed E-state index contributed by atoms with van der Waals surface area (Å²) in [6.45, 7) is 4.13. The Bertz CT molecular complexity index is 431. The predicted octanol–water partition coefficient (Wildman–Crippen LogP) is 2.50. The summed E-state index contributed by atoms with van der Waals surface area (Å²) in [4.78, 5) is 23.3. The zero-order chi connectivity index (χ0) is 15.0. The van der Waals surface area contributed by atoms with E-state index < -0.39 is 18.1 Å². The summed E-state index contributed by atoms with van der Waals surface area (Å²) in [6, 6.07) is 8.71. The van der Waals surface area contributed by atoms with E-state index in [4.69, 9.17) is 4.74 Å². The molecule has 0 aliphatic heterocycles. The molecule has 110 valence electrons. The van der Waals surface area contributed by atoms with Gasteiger partial charge in [0.05, 0.1) is 7.11 Å². The van der Waals surface area contributed by atoms with Crippen LogP contribution in [-0.2, 0) is 20.9 Å². The molecule has 1 N–H and O–H groups in total. The quantitative estimate of drug-likeness (QED) is 0.813. The molecule has 0 radical (unpaired) electrons. The average Bonchev–Trinajstić information content (AvgIpc) is 2.44. The van der Waals surface area contributed by atoms with E-state index in [0.717, 1.165) is 5.56 Å². The fraction of sp³-hybridized carbons (Fsp3) is 0.467. The van der Waals surface area contributed by atoms with Gasteiger partial charge < -0.3 is 14.8 Å². The molecule has 0 spiro atoms. The van der Waals surface area contributed by atoms with Crippen molar-refractivity contribution in [3.63, 3.8) is 0 Å². The van der Waals surface area contributed by atoms with Gasteiger partial charge in [0.25, 0.3) is 0 Å². The molecule has 5 nitrogen and oxygen atoms in total. The van der Waals surface area contributed by atoms with Gasteiger partial charge >= 0.3 is 12.1 Å². The zero-order valence-corrected chi connectivity index (χ0v) is 12.1. The van der Waals surface area contributed by atoms with Crippen molar-refractivity contribution in [2.75, 3.05) is 7.11 Å². The smallest absolute Gasteiger partial charge is 0.407 e. The van der Waals surface area contributed by atoms with Gasteiger partial charge in [0.15, 0.2) is 0 Å². The highest BCUT2D eigenvalue weighted by molar-refractivity contribution is 5.81. The van der Waals surface area contributed by atoms with E-state index in [0.29, 0.717) is 6.42 Å². The number of ether oxygens (including phenoxy) is 2. The van der Waals surface area contributed by atoms with Crippen LogP contribution >= 0.6 is 0 Å². The molecule has 0 saturated heterocycles. The number of hydrogen-bond donors (Lipinski definition) is 1. The lowest BCUT2D eigenvalue weighted by atomic mass is 10.0. The minimum atomic E-state index is -0.689. The summed E-state index contributed by atoms with van der Waals surface area (Å²) < 4.78 is 9.74. The fourth-order valence-electron chi connectivity index (χ4n) is 1.72. The van der Waals surface area contributed by atoms with E-state index in [2.05, 4.69) is 10.1 Å². The lowest BCUT2D eigenvalue weighted by molar-refractivity contribution is -0.147. The van der Waals surface area contributed by atoms with Crippen LogP contribution in [0.2, 0.25) is 0 Å². The van der Waals surface area contributed by atoms with Crippen LogP contribution in [-0.4, -0.2) is 25.2 Å². The second kappa shape index (κ2) is 8.19. The Kier molecular flexibility index (Phi) is 6.56. The Morgan fingerprint density at radius 1 is 1.20 bits per heavy atom. The number of rotatable bonds is 6. The number of methoxy groups -OCH3 is 1. The highest BCUT2D eigenvalue weighted by Crippen LogP contribution is 2.09. The maximum absolute atomic E-state index is 12.0. The van der Waals surface area contributed by atoms with Gasteiger partial charge in [-0.1, -0.05) is 44.2 Å². The summed E-state index contributed by atoms with van der Waals surface area (Å²) >= 11 is 0. The summed E-state index contributed by atoms with van der Waals surface area (Å²) in [6.07, 6.45) is -0.129. The van der Waals surface area contributed by atoms with Gasteiger partial charge in [-0.3, -0.25) is 0 Å². The first-order valence-electron chi connectivity index (χ1n) is 6.58. The number of hydrogen-bond acceptors (Lipinski definition) is 4. The van der Waals surface area contributed by atoms with Crippen molar-refractivity contribution in [1.82, 2.24) is 5.32 Å². The van der Waals surface area contributed by atoms with Crippen LogP contribution in [0.5, 0.6) is 0 Å². The molecule has 1 aromatic carbocycles. The topological polar surface area (TPSA) is 64.6 Å². The molecule has 1 unspecified atom stereocenters. The SMILES string of the molecule is COC(=O)NC(CC(C)C)C(=O)OCc1ccccc1. The average molecular weight is 279 g/mol. The number of alkyl carbamates (subject to hydrolysis) is 1. The number of benzene rings is 1. The lowest BCUT2D eigenvalue weighted by Gasteiger charge is -2.18. The molecular weight excluding hydrogens is 258 g/mol. The lowest BCUT2D eigenvalue weighted by Crippen LogP contribution is -2.42. The molecule has 1 atom stereocenters. The minimum absolute atomic E-state index is 0.192. The highest BCUT2D eigenvalue weighted by Gasteiger charge is 2.23. The third kappa shape index (κ3) is 5.73. The molecule has 0 heterocycles. The molecule has 20 heavy (non-hydrogen) atoms. The van der Waals surface area contributed by atoms with Crippen molar-refractivity contribution in [1.29, 1.82) is 0 Å². The van der Waals surface area contributed by atoms with Gasteiger partial charge in [0.1, 0.15) is 12.6 Å². The van der Waals surface area contributed by atoms with E-state index in [1.54, 1.807) is 0 Å². The first-order chi connectivity index (χ1) is 9.52. The van der Waals surface area contributed by atoms with Crippen molar-refractivity contribution in [3.8, 4) is 0 Å². The normalized spacial score (nSPS) is 11.8. The zero-order valence-electron chi connectivity index (χ0n) is 12.1. The van der Waals surface area contributed by atoms with Gasteiger partial charge in [0.2, 0.25) is 0 Å². The molecular formula is C15H21NO4. The van der Waals surface area contributed by atoms with Gasteiger partial charge in [0, 0.05) is 0 Å². The second-order valence-corrected chi connectivity index (χ2v) is 4.91. The molecule has 0 aromatic heterocycles. The summed E-state index contributed by atoms with van der Waals surface area (Å²) in [5, 5.41) is 2.50. The van der Waals surface area contributed by atoms with Crippen molar-refractivity contribution >= 4 is 12.1 Å². The van der Waals surface area contributed by atoms with Crippen molar-refractivity contribution in [3.05, 3.63) is 35.9 Å². The van der Waals surface area contributed by atoms with E-state index >= 15 is 0 Å². The van der Waals surface area contributed by atoms with Crippen LogP contribution in [0.1, 0.15) is 25.8 Å². The molecule has 0 fully saturated rings. The molecule has 1 rings (SSSR count). The standard InChI is InChI=1S/C15H21NO4/c1-11(2)9-13(16-15(18)19-3)14(17)20-10-12-7-5-4-6-8-12/h4-8,11,13H,9-10H2,1-3H3,(H,16,18). The molecule has 0 aliphatic carbocycles. The summed E-state index contributed by atoms with van der Waals surface area (Å²) in [5.74, 6) is -0.200. The maximum atomic E-state index is 12.0. The first-order valence-corrected chi connectivity index (χ1v) is 6.58. The van der Waals surface area contributed by atoms with Crippen molar-refractivity contribution in [2.45, 2.75) is 32.9 Å². The minimum Gasteiger partial charge on any atom is -0.459 e. The Balaban J connectivity index is 2.56. The van der Waals surface area contributed by atoms with Crippen molar-refractivity contribution < 1.29 is 19.1 Å². The van der Waals surface area contributed by atoms with Gasteiger partial charge in [-0.2, -0.15) is 0 Å². The molecule has 1 amide bonds.